The second-order valence-electron chi connectivity index (χ2n) is 8.55. The van der Waals surface area contributed by atoms with Crippen LogP contribution in [-0.2, 0) is 23.8 Å². The van der Waals surface area contributed by atoms with Crippen molar-refractivity contribution in [1.82, 2.24) is 10.6 Å². The highest BCUT2D eigenvalue weighted by atomic mass is 16.5. The highest BCUT2D eigenvalue weighted by Gasteiger charge is 2.42. The summed E-state index contributed by atoms with van der Waals surface area (Å²) in [4.78, 5) is 37.7. The first-order valence-electron chi connectivity index (χ1n) is 11.5. The van der Waals surface area contributed by atoms with Gasteiger partial charge in [-0.15, -0.1) is 0 Å². The number of aliphatic carboxylic acids is 1. The van der Waals surface area contributed by atoms with E-state index < -0.39 is 35.7 Å². The third-order valence-electron chi connectivity index (χ3n) is 6.51. The van der Waals surface area contributed by atoms with Crippen molar-refractivity contribution in [1.29, 1.82) is 0 Å². The Morgan fingerprint density at radius 2 is 1.60 bits per heavy atom. The SMILES string of the molecule is CCC(COC)(NC(=O)OCC1c2ccccc2-c2ccccc21)C(=O)N[C@H](C(=O)O)[C@@H](C)OC. The predicted octanol–water partition coefficient (Wildman–Crippen LogP) is 2.92. The van der Waals surface area contributed by atoms with Crippen molar-refractivity contribution >= 4 is 18.0 Å². The third-order valence-corrected chi connectivity index (χ3v) is 6.51. The summed E-state index contributed by atoms with van der Waals surface area (Å²) in [5.41, 5.74) is 2.81. The largest absolute Gasteiger partial charge is 0.480 e. The van der Waals surface area contributed by atoms with Crippen LogP contribution in [0.15, 0.2) is 48.5 Å². The zero-order chi connectivity index (χ0) is 25.6. The van der Waals surface area contributed by atoms with Gasteiger partial charge in [-0.25, -0.2) is 9.59 Å². The van der Waals surface area contributed by atoms with Crippen LogP contribution >= 0.6 is 0 Å². The van der Waals surface area contributed by atoms with Crippen molar-refractivity contribution in [3.8, 4) is 11.1 Å². The number of carbonyl (C=O) groups is 3. The van der Waals surface area contributed by atoms with Crippen LogP contribution in [0.5, 0.6) is 0 Å². The van der Waals surface area contributed by atoms with Gasteiger partial charge in [0.1, 0.15) is 12.1 Å². The number of alkyl carbamates (subject to hydrolysis) is 1. The molecule has 2 aromatic rings. The number of hydrogen-bond acceptors (Lipinski definition) is 6. The summed E-state index contributed by atoms with van der Waals surface area (Å²) < 4.78 is 15.9. The van der Waals surface area contributed by atoms with E-state index in [9.17, 15) is 19.5 Å². The minimum Gasteiger partial charge on any atom is -0.480 e. The van der Waals surface area contributed by atoms with Crippen LogP contribution in [0, 0.1) is 0 Å². The van der Waals surface area contributed by atoms with Crippen LogP contribution in [0.4, 0.5) is 4.79 Å². The van der Waals surface area contributed by atoms with Gasteiger partial charge < -0.3 is 30.0 Å². The van der Waals surface area contributed by atoms with Crippen molar-refractivity contribution in [2.45, 2.75) is 43.9 Å². The van der Waals surface area contributed by atoms with E-state index in [1.54, 1.807) is 6.92 Å². The molecular formula is C26H32N2O7. The number of carboxylic acids is 1. The lowest BCUT2D eigenvalue weighted by Gasteiger charge is -2.33. The molecule has 0 heterocycles. The molecule has 0 radical (unpaired) electrons. The number of hydrogen-bond donors (Lipinski definition) is 3. The number of carbonyl (C=O) groups excluding carboxylic acids is 2. The molecular weight excluding hydrogens is 452 g/mol. The lowest BCUT2D eigenvalue weighted by molar-refractivity contribution is -0.147. The van der Waals surface area contributed by atoms with Crippen molar-refractivity contribution in [3.63, 3.8) is 0 Å². The molecule has 3 atom stereocenters. The number of carboxylic acid groups (broad SMARTS) is 1. The Labute approximate surface area is 204 Å². The zero-order valence-corrected chi connectivity index (χ0v) is 20.4. The Kier molecular flexibility index (Phi) is 8.48. The molecule has 0 saturated carbocycles. The van der Waals surface area contributed by atoms with Crippen LogP contribution < -0.4 is 10.6 Å². The number of methoxy groups -OCH3 is 2. The van der Waals surface area contributed by atoms with Crippen molar-refractivity contribution in [3.05, 3.63) is 59.7 Å². The molecule has 1 unspecified atom stereocenters. The van der Waals surface area contributed by atoms with E-state index in [1.807, 2.05) is 48.5 Å². The quantitative estimate of drug-likeness (QED) is 0.448. The molecule has 188 valence electrons. The average Bonchev–Trinajstić information content (AvgIpc) is 3.18. The number of ether oxygens (including phenoxy) is 3. The van der Waals surface area contributed by atoms with Gasteiger partial charge in [-0.05, 0) is 35.6 Å². The number of nitrogens with one attached hydrogen (secondary N) is 2. The van der Waals surface area contributed by atoms with Crippen LogP contribution in [0.2, 0.25) is 0 Å². The molecule has 2 aromatic carbocycles. The maximum atomic E-state index is 13.2. The molecule has 3 N–H and O–H groups in total. The van der Waals surface area contributed by atoms with Gasteiger partial charge in [0.25, 0.3) is 0 Å². The molecule has 0 bridgehead atoms. The summed E-state index contributed by atoms with van der Waals surface area (Å²) in [7, 11) is 2.74. The molecule has 1 aliphatic rings. The highest BCUT2D eigenvalue weighted by molar-refractivity contribution is 5.93. The number of fused-ring (bicyclic) bond motifs is 3. The number of amides is 2. The maximum Gasteiger partial charge on any atom is 0.408 e. The molecule has 0 aromatic heterocycles. The number of benzene rings is 2. The first-order chi connectivity index (χ1) is 16.8. The smallest absolute Gasteiger partial charge is 0.408 e. The van der Waals surface area contributed by atoms with E-state index >= 15 is 0 Å². The van der Waals surface area contributed by atoms with E-state index in [0.29, 0.717) is 0 Å². The Balaban J connectivity index is 1.75. The molecule has 3 rings (SSSR count). The minimum atomic E-state index is -1.53. The summed E-state index contributed by atoms with van der Waals surface area (Å²) in [5.74, 6) is -2.10. The topological polar surface area (TPSA) is 123 Å². The van der Waals surface area contributed by atoms with Gasteiger partial charge in [0.2, 0.25) is 5.91 Å². The molecule has 2 amide bonds. The molecule has 9 heteroatoms. The molecule has 35 heavy (non-hydrogen) atoms. The van der Waals surface area contributed by atoms with Crippen molar-refractivity contribution < 1.29 is 33.7 Å². The predicted molar refractivity (Wildman–Crippen MR) is 129 cm³/mol. The molecule has 0 spiro atoms. The molecule has 0 saturated heterocycles. The van der Waals surface area contributed by atoms with E-state index in [1.165, 1.54) is 21.1 Å². The van der Waals surface area contributed by atoms with Gasteiger partial charge in [0, 0.05) is 20.1 Å². The third kappa shape index (κ3) is 5.47. The fourth-order valence-corrected chi connectivity index (χ4v) is 4.38. The van der Waals surface area contributed by atoms with E-state index in [-0.39, 0.29) is 25.6 Å². The van der Waals surface area contributed by atoms with Gasteiger partial charge in [0.05, 0.1) is 12.7 Å². The van der Waals surface area contributed by atoms with Gasteiger partial charge in [0.15, 0.2) is 6.04 Å². The molecule has 0 fully saturated rings. The van der Waals surface area contributed by atoms with E-state index in [0.717, 1.165) is 22.3 Å². The summed E-state index contributed by atoms with van der Waals surface area (Å²) in [5, 5.41) is 14.6. The Hall–Kier alpha value is -3.43. The van der Waals surface area contributed by atoms with Crippen LogP contribution in [0.1, 0.15) is 37.3 Å². The molecule has 1 aliphatic carbocycles. The Bertz CT molecular complexity index is 1030. The lowest BCUT2D eigenvalue weighted by Crippen LogP contribution is -2.64. The molecule has 9 nitrogen and oxygen atoms in total. The van der Waals surface area contributed by atoms with Gasteiger partial charge in [-0.3, -0.25) is 4.79 Å². The van der Waals surface area contributed by atoms with Crippen molar-refractivity contribution in [2.24, 2.45) is 0 Å². The summed E-state index contributed by atoms with van der Waals surface area (Å²) >= 11 is 0. The zero-order valence-electron chi connectivity index (χ0n) is 20.4. The first-order valence-corrected chi connectivity index (χ1v) is 11.5. The maximum absolute atomic E-state index is 13.2. The second-order valence-corrected chi connectivity index (χ2v) is 8.55. The van der Waals surface area contributed by atoms with Gasteiger partial charge >= 0.3 is 12.1 Å². The number of rotatable bonds is 11. The Morgan fingerprint density at radius 3 is 2.09 bits per heavy atom. The fourth-order valence-electron chi connectivity index (χ4n) is 4.38. The van der Waals surface area contributed by atoms with Crippen LogP contribution in [0.3, 0.4) is 0 Å². The van der Waals surface area contributed by atoms with Crippen LogP contribution in [-0.4, -0.2) is 68.2 Å². The fraction of sp³-hybridized carbons (Fsp3) is 0.423. The average molecular weight is 485 g/mol. The monoisotopic (exact) mass is 484 g/mol. The molecule has 0 aliphatic heterocycles. The van der Waals surface area contributed by atoms with Crippen molar-refractivity contribution in [2.75, 3.05) is 27.4 Å². The minimum absolute atomic E-state index is 0.0761. The first kappa shape index (κ1) is 26.2. The van der Waals surface area contributed by atoms with E-state index in [4.69, 9.17) is 14.2 Å². The van der Waals surface area contributed by atoms with Gasteiger partial charge in [-0.1, -0.05) is 55.5 Å². The summed E-state index contributed by atoms with van der Waals surface area (Å²) in [6.07, 6.45) is -1.44. The Morgan fingerprint density at radius 1 is 1.03 bits per heavy atom. The second kappa shape index (κ2) is 11.3. The lowest BCUT2D eigenvalue weighted by atomic mass is 9.95. The normalized spacial score (nSPS) is 15.8. The van der Waals surface area contributed by atoms with Gasteiger partial charge in [-0.2, -0.15) is 0 Å². The van der Waals surface area contributed by atoms with E-state index in [2.05, 4.69) is 10.6 Å². The summed E-state index contributed by atoms with van der Waals surface area (Å²) in [6.45, 7) is 3.12. The van der Waals surface area contributed by atoms with Crippen LogP contribution in [0.25, 0.3) is 11.1 Å². The highest BCUT2D eigenvalue weighted by Crippen LogP contribution is 2.44. The standard InChI is InChI=1S/C26H32N2O7/c1-5-26(15-33-3,24(31)27-22(23(29)30)16(2)34-4)28-25(32)35-14-21-19-12-8-6-10-17(19)18-11-7-9-13-20(18)21/h6-13,16,21-22H,5,14-15H2,1-4H3,(H,27,31)(H,28,32)(H,29,30)/t16-,22+,26?/m1/s1. The summed E-state index contributed by atoms with van der Waals surface area (Å²) in [6, 6.07) is 14.6.